The van der Waals surface area contributed by atoms with Gasteiger partial charge in [-0.05, 0) is 18.1 Å². The van der Waals surface area contributed by atoms with Gasteiger partial charge in [0.2, 0.25) is 0 Å². The number of anilines is 1. The highest BCUT2D eigenvalue weighted by molar-refractivity contribution is 5.78. The molecule has 2 N–H and O–H groups in total. The van der Waals surface area contributed by atoms with E-state index in [2.05, 4.69) is 59.0 Å². The first-order valence-electron chi connectivity index (χ1n) is 7.01. The summed E-state index contributed by atoms with van der Waals surface area (Å²) in [5, 5.41) is 0. The summed E-state index contributed by atoms with van der Waals surface area (Å²) in [6.45, 7) is 9.02. The molecule has 2 rings (SSSR count). The minimum Gasteiger partial charge on any atom is -0.370 e. The SMILES string of the molecule is CC(C)CN=C(N)N1CCN(c2ccccc2)CC1. The van der Waals surface area contributed by atoms with E-state index in [1.165, 1.54) is 5.69 Å². The van der Waals surface area contributed by atoms with Crippen LogP contribution in [0.5, 0.6) is 0 Å². The summed E-state index contributed by atoms with van der Waals surface area (Å²) in [6, 6.07) is 10.5. The van der Waals surface area contributed by atoms with Crippen LogP contribution < -0.4 is 10.6 Å². The van der Waals surface area contributed by atoms with Crippen LogP contribution in [0, 0.1) is 5.92 Å². The topological polar surface area (TPSA) is 44.9 Å². The zero-order valence-electron chi connectivity index (χ0n) is 11.9. The van der Waals surface area contributed by atoms with Crippen molar-refractivity contribution in [1.29, 1.82) is 0 Å². The Bertz CT molecular complexity index is 405. The predicted molar refractivity (Wildman–Crippen MR) is 81.6 cm³/mol. The smallest absolute Gasteiger partial charge is 0.191 e. The fraction of sp³-hybridized carbons (Fsp3) is 0.533. The van der Waals surface area contributed by atoms with E-state index in [0.717, 1.165) is 32.7 Å². The standard InChI is InChI=1S/C15H24N4/c1-13(2)12-17-15(16)19-10-8-18(9-11-19)14-6-4-3-5-7-14/h3-7,13H,8-12H2,1-2H3,(H2,16,17). The first-order valence-corrected chi connectivity index (χ1v) is 7.01. The van der Waals surface area contributed by atoms with E-state index in [9.17, 15) is 0 Å². The van der Waals surface area contributed by atoms with Gasteiger partial charge in [-0.3, -0.25) is 4.99 Å². The Labute approximate surface area is 115 Å². The van der Waals surface area contributed by atoms with Crippen LogP contribution in [0.3, 0.4) is 0 Å². The molecule has 0 amide bonds. The van der Waals surface area contributed by atoms with E-state index in [0.29, 0.717) is 11.9 Å². The molecule has 4 nitrogen and oxygen atoms in total. The van der Waals surface area contributed by atoms with Crippen LogP contribution in [0.2, 0.25) is 0 Å². The van der Waals surface area contributed by atoms with Gasteiger partial charge in [0.1, 0.15) is 0 Å². The Balaban J connectivity index is 1.87. The van der Waals surface area contributed by atoms with Gasteiger partial charge >= 0.3 is 0 Å². The molecular weight excluding hydrogens is 236 g/mol. The van der Waals surface area contributed by atoms with Crippen LogP contribution in [0.15, 0.2) is 35.3 Å². The zero-order valence-corrected chi connectivity index (χ0v) is 11.9. The fourth-order valence-corrected chi connectivity index (χ4v) is 2.21. The van der Waals surface area contributed by atoms with Crippen molar-refractivity contribution in [2.45, 2.75) is 13.8 Å². The number of aliphatic imine (C=N–C) groups is 1. The maximum Gasteiger partial charge on any atom is 0.191 e. The number of guanidine groups is 1. The molecule has 1 aromatic carbocycles. The highest BCUT2D eigenvalue weighted by atomic mass is 15.3. The third-order valence-electron chi connectivity index (χ3n) is 3.34. The number of nitrogens with zero attached hydrogens (tertiary/aromatic N) is 3. The number of piperazine rings is 1. The summed E-state index contributed by atoms with van der Waals surface area (Å²) < 4.78 is 0. The van der Waals surface area contributed by atoms with Crippen LogP contribution in [0.4, 0.5) is 5.69 Å². The third kappa shape index (κ3) is 3.88. The predicted octanol–water partition coefficient (Wildman–Crippen LogP) is 1.78. The van der Waals surface area contributed by atoms with E-state index >= 15 is 0 Å². The molecule has 19 heavy (non-hydrogen) atoms. The van der Waals surface area contributed by atoms with Crippen molar-refractivity contribution in [3.05, 3.63) is 30.3 Å². The van der Waals surface area contributed by atoms with E-state index in [1.807, 2.05) is 0 Å². The Hall–Kier alpha value is -1.71. The van der Waals surface area contributed by atoms with Crippen molar-refractivity contribution in [3.63, 3.8) is 0 Å². The van der Waals surface area contributed by atoms with Crippen molar-refractivity contribution in [1.82, 2.24) is 4.90 Å². The molecule has 104 valence electrons. The number of hydrogen-bond donors (Lipinski definition) is 1. The van der Waals surface area contributed by atoms with E-state index < -0.39 is 0 Å². The second kappa shape index (κ2) is 6.45. The first kappa shape index (κ1) is 13.7. The van der Waals surface area contributed by atoms with Crippen LogP contribution >= 0.6 is 0 Å². The number of rotatable bonds is 3. The molecular formula is C15H24N4. The number of benzene rings is 1. The summed E-state index contributed by atoms with van der Waals surface area (Å²) in [5.74, 6) is 1.26. The summed E-state index contributed by atoms with van der Waals surface area (Å²) in [6.07, 6.45) is 0. The molecule has 4 heteroatoms. The highest BCUT2D eigenvalue weighted by Crippen LogP contribution is 2.15. The average molecular weight is 260 g/mol. The monoisotopic (exact) mass is 260 g/mol. The second-order valence-corrected chi connectivity index (χ2v) is 5.40. The highest BCUT2D eigenvalue weighted by Gasteiger charge is 2.18. The molecule has 1 saturated heterocycles. The van der Waals surface area contributed by atoms with Gasteiger partial charge in [-0.25, -0.2) is 0 Å². The van der Waals surface area contributed by atoms with Gasteiger partial charge in [0.15, 0.2) is 5.96 Å². The van der Waals surface area contributed by atoms with Crippen LogP contribution in [-0.4, -0.2) is 43.6 Å². The molecule has 1 fully saturated rings. The summed E-state index contributed by atoms with van der Waals surface area (Å²) in [5.41, 5.74) is 7.33. The van der Waals surface area contributed by atoms with Crippen LogP contribution in [0.1, 0.15) is 13.8 Å². The largest absolute Gasteiger partial charge is 0.370 e. The molecule has 1 aliphatic rings. The lowest BCUT2D eigenvalue weighted by Crippen LogP contribution is -2.51. The minimum atomic E-state index is 0.559. The maximum absolute atomic E-state index is 6.04. The van der Waals surface area contributed by atoms with Gasteiger partial charge < -0.3 is 15.5 Å². The normalized spacial score (nSPS) is 17.1. The van der Waals surface area contributed by atoms with Crippen molar-refractivity contribution in [2.24, 2.45) is 16.6 Å². The Morgan fingerprint density at radius 3 is 2.37 bits per heavy atom. The van der Waals surface area contributed by atoms with E-state index in [-0.39, 0.29) is 0 Å². The van der Waals surface area contributed by atoms with Crippen molar-refractivity contribution >= 4 is 11.6 Å². The maximum atomic E-state index is 6.04. The molecule has 0 saturated carbocycles. The van der Waals surface area contributed by atoms with Crippen molar-refractivity contribution in [3.8, 4) is 0 Å². The van der Waals surface area contributed by atoms with Gasteiger partial charge in [0, 0.05) is 38.4 Å². The number of para-hydroxylation sites is 1. The van der Waals surface area contributed by atoms with Gasteiger partial charge in [-0.2, -0.15) is 0 Å². The zero-order chi connectivity index (χ0) is 13.7. The first-order chi connectivity index (χ1) is 9.16. The number of nitrogens with two attached hydrogens (primary N) is 1. The summed E-state index contributed by atoms with van der Waals surface area (Å²) in [4.78, 5) is 9.02. The Morgan fingerprint density at radius 1 is 1.16 bits per heavy atom. The van der Waals surface area contributed by atoms with Crippen LogP contribution in [-0.2, 0) is 0 Å². The molecule has 1 heterocycles. The van der Waals surface area contributed by atoms with Gasteiger partial charge in [-0.1, -0.05) is 32.0 Å². The van der Waals surface area contributed by atoms with E-state index in [1.54, 1.807) is 0 Å². The summed E-state index contributed by atoms with van der Waals surface area (Å²) >= 11 is 0. The average Bonchev–Trinajstić information content (AvgIpc) is 2.46. The van der Waals surface area contributed by atoms with Gasteiger partial charge in [0.05, 0.1) is 0 Å². The molecule has 0 aliphatic carbocycles. The molecule has 0 unspecified atom stereocenters. The molecule has 0 aromatic heterocycles. The molecule has 0 spiro atoms. The van der Waals surface area contributed by atoms with Crippen molar-refractivity contribution in [2.75, 3.05) is 37.6 Å². The molecule has 1 aromatic rings. The summed E-state index contributed by atoms with van der Waals surface area (Å²) in [7, 11) is 0. The third-order valence-corrected chi connectivity index (χ3v) is 3.34. The van der Waals surface area contributed by atoms with Gasteiger partial charge in [-0.15, -0.1) is 0 Å². The Kier molecular flexibility index (Phi) is 4.66. The molecule has 0 atom stereocenters. The second-order valence-electron chi connectivity index (χ2n) is 5.40. The molecule has 0 bridgehead atoms. The van der Waals surface area contributed by atoms with Crippen molar-refractivity contribution < 1.29 is 0 Å². The van der Waals surface area contributed by atoms with Gasteiger partial charge in [0.25, 0.3) is 0 Å². The lowest BCUT2D eigenvalue weighted by Gasteiger charge is -2.36. The lowest BCUT2D eigenvalue weighted by atomic mass is 10.2. The fourth-order valence-electron chi connectivity index (χ4n) is 2.21. The van der Waals surface area contributed by atoms with Crippen LogP contribution in [0.25, 0.3) is 0 Å². The quantitative estimate of drug-likeness (QED) is 0.665. The van der Waals surface area contributed by atoms with E-state index in [4.69, 9.17) is 5.73 Å². The Morgan fingerprint density at radius 2 is 1.79 bits per heavy atom. The molecule has 0 radical (unpaired) electrons. The minimum absolute atomic E-state index is 0.559. The molecule has 1 aliphatic heterocycles. The number of hydrogen-bond acceptors (Lipinski definition) is 2. The lowest BCUT2D eigenvalue weighted by molar-refractivity contribution is 0.380.